The van der Waals surface area contributed by atoms with E-state index < -0.39 is 18.8 Å². The van der Waals surface area contributed by atoms with Gasteiger partial charge in [-0.05, 0) is 41.7 Å². The molecule has 0 aliphatic rings. The van der Waals surface area contributed by atoms with Gasteiger partial charge in [-0.1, -0.05) is 32.9 Å². The molecule has 1 amide bonds. The molecule has 3 rings (SSSR count). The van der Waals surface area contributed by atoms with E-state index in [1.54, 1.807) is 24.3 Å². The zero-order valence-electron chi connectivity index (χ0n) is 20.7. The molecular weight excluding hydrogens is 489 g/mol. The molecule has 1 aromatic carbocycles. The van der Waals surface area contributed by atoms with Crippen LogP contribution < -0.4 is 20.7 Å². The molecule has 0 atom stereocenters. The average Bonchev–Trinajstić information content (AvgIpc) is 2.86. The molecule has 0 fully saturated rings. The molecule has 3 aromatic rings. The number of nitrogens with zero attached hydrogens (tertiary/aromatic N) is 3. The first-order valence-electron chi connectivity index (χ1n) is 11.5. The van der Waals surface area contributed by atoms with Gasteiger partial charge in [0.15, 0.2) is 6.61 Å². The first-order chi connectivity index (χ1) is 17.4. The minimum Gasteiger partial charge on any atom is -0.508 e. The summed E-state index contributed by atoms with van der Waals surface area (Å²) in [6.07, 6.45) is -2.26. The summed E-state index contributed by atoms with van der Waals surface area (Å²) < 4.78 is 42.7. The van der Waals surface area contributed by atoms with Crippen LogP contribution in [0, 0.1) is 5.41 Å². The van der Waals surface area contributed by atoms with E-state index in [0.717, 1.165) is 12.0 Å². The van der Waals surface area contributed by atoms with Crippen LogP contribution in [0.1, 0.15) is 43.1 Å². The molecule has 0 spiro atoms. The lowest BCUT2D eigenvalue weighted by Gasteiger charge is -2.22. The molecule has 198 valence electrons. The molecule has 9 nitrogen and oxygen atoms in total. The van der Waals surface area contributed by atoms with E-state index in [4.69, 9.17) is 4.74 Å². The molecule has 0 saturated heterocycles. The summed E-state index contributed by atoms with van der Waals surface area (Å²) in [5, 5.41) is 18.2. The maximum atomic E-state index is 12.7. The normalized spacial score (nSPS) is 11.6. The lowest BCUT2D eigenvalue weighted by molar-refractivity contribution is -0.154. The number of nitrogens with one attached hydrogen (secondary N) is 3. The van der Waals surface area contributed by atoms with E-state index >= 15 is 0 Å². The second-order valence-corrected chi connectivity index (χ2v) is 9.10. The Hall–Kier alpha value is -4.09. The number of hydrogen-bond donors (Lipinski definition) is 4. The highest BCUT2D eigenvalue weighted by molar-refractivity contribution is 5.94. The Morgan fingerprint density at radius 3 is 2.35 bits per heavy atom. The van der Waals surface area contributed by atoms with Crippen molar-refractivity contribution in [1.29, 1.82) is 0 Å². The second-order valence-electron chi connectivity index (χ2n) is 9.10. The molecule has 0 bridgehead atoms. The van der Waals surface area contributed by atoms with Crippen LogP contribution in [0.4, 0.5) is 30.6 Å². The third-order valence-electron chi connectivity index (χ3n) is 5.45. The number of carbonyl (C=O) groups is 1. The SMILES string of the molecule is CCC(C)(C)CNC(=O)c1ccc(Nc2cc(NCc3ccc(O)cc3)nc(OCC(F)(F)F)n2)nc1. The van der Waals surface area contributed by atoms with Gasteiger partial charge in [0.2, 0.25) is 0 Å². The molecule has 2 heterocycles. The number of hydrogen-bond acceptors (Lipinski definition) is 8. The van der Waals surface area contributed by atoms with Gasteiger partial charge >= 0.3 is 12.2 Å². The van der Waals surface area contributed by atoms with Crippen molar-refractivity contribution in [2.24, 2.45) is 5.41 Å². The van der Waals surface area contributed by atoms with E-state index in [2.05, 4.69) is 51.7 Å². The lowest BCUT2D eigenvalue weighted by atomic mass is 9.90. The number of benzene rings is 1. The summed E-state index contributed by atoms with van der Waals surface area (Å²) in [5.74, 6) is 0.509. The summed E-state index contributed by atoms with van der Waals surface area (Å²) in [5.41, 5.74) is 1.14. The van der Waals surface area contributed by atoms with Gasteiger partial charge in [0.1, 0.15) is 23.2 Å². The average molecular weight is 519 g/mol. The standard InChI is InChI=1S/C25H29F3N6O3/c1-4-24(2,3)14-31-22(36)17-7-10-19(30-13-17)32-21-11-20(29-12-16-5-8-18(35)9-6-16)33-23(34-21)37-15-25(26,27)28/h5-11,13,35H,4,12,14-15H2,1-3H3,(H,31,36)(H2,29,30,32,33,34). The van der Waals surface area contributed by atoms with E-state index in [1.165, 1.54) is 24.4 Å². The van der Waals surface area contributed by atoms with Crippen LogP contribution in [-0.2, 0) is 6.54 Å². The number of aromatic hydroxyl groups is 1. The first-order valence-corrected chi connectivity index (χ1v) is 11.5. The molecule has 4 N–H and O–H groups in total. The minimum atomic E-state index is -4.56. The zero-order valence-corrected chi connectivity index (χ0v) is 20.7. The third-order valence-corrected chi connectivity index (χ3v) is 5.45. The van der Waals surface area contributed by atoms with Gasteiger partial charge in [0, 0.05) is 25.4 Å². The Balaban J connectivity index is 1.72. The summed E-state index contributed by atoms with van der Waals surface area (Å²) in [6.45, 7) is 5.41. The van der Waals surface area contributed by atoms with E-state index in [0.29, 0.717) is 17.9 Å². The lowest BCUT2D eigenvalue weighted by Crippen LogP contribution is -2.33. The highest BCUT2D eigenvalue weighted by Crippen LogP contribution is 2.23. The van der Waals surface area contributed by atoms with Crippen molar-refractivity contribution in [2.75, 3.05) is 23.8 Å². The van der Waals surface area contributed by atoms with Crippen LogP contribution in [0.15, 0.2) is 48.7 Å². The van der Waals surface area contributed by atoms with Crippen molar-refractivity contribution in [3.63, 3.8) is 0 Å². The number of halogens is 3. The molecule has 0 unspecified atom stereocenters. The Bertz CT molecular complexity index is 1190. The highest BCUT2D eigenvalue weighted by Gasteiger charge is 2.29. The number of amides is 1. The van der Waals surface area contributed by atoms with Crippen LogP contribution in [-0.4, -0.2) is 45.3 Å². The number of phenols is 1. The summed E-state index contributed by atoms with van der Waals surface area (Å²) >= 11 is 0. The predicted octanol–water partition coefficient (Wildman–Crippen LogP) is 5.04. The summed E-state index contributed by atoms with van der Waals surface area (Å²) in [7, 11) is 0. The van der Waals surface area contributed by atoms with E-state index in [9.17, 15) is 23.1 Å². The fourth-order valence-corrected chi connectivity index (χ4v) is 2.88. The van der Waals surface area contributed by atoms with Crippen molar-refractivity contribution in [2.45, 2.75) is 39.9 Å². The van der Waals surface area contributed by atoms with Gasteiger partial charge < -0.3 is 25.8 Å². The summed E-state index contributed by atoms with van der Waals surface area (Å²) in [4.78, 5) is 24.6. The van der Waals surface area contributed by atoms with Crippen LogP contribution in [0.2, 0.25) is 0 Å². The quantitative estimate of drug-likeness (QED) is 0.279. The molecular formula is C25H29F3N6O3. The van der Waals surface area contributed by atoms with Crippen molar-refractivity contribution >= 4 is 23.4 Å². The number of phenolic OH excluding ortho intramolecular Hbond substituents is 1. The fourth-order valence-electron chi connectivity index (χ4n) is 2.88. The second kappa shape index (κ2) is 11.8. The predicted molar refractivity (Wildman–Crippen MR) is 133 cm³/mol. The van der Waals surface area contributed by atoms with Crippen LogP contribution in [0.3, 0.4) is 0 Å². The molecule has 0 aliphatic carbocycles. The third kappa shape index (κ3) is 9.13. The number of ether oxygens (including phenoxy) is 1. The van der Waals surface area contributed by atoms with Crippen molar-refractivity contribution in [3.05, 3.63) is 59.8 Å². The van der Waals surface area contributed by atoms with Gasteiger partial charge in [-0.3, -0.25) is 4.79 Å². The Morgan fingerprint density at radius 1 is 1.03 bits per heavy atom. The van der Waals surface area contributed by atoms with E-state index in [1.807, 2.05) is 0 Å². The number of rotatable bonds is 11. The van der Waals surface area contributed by atoms with E-state index in [-0.39, 0.29) is 35.3 Å². The van der Waals surface area contributed by atoms with Gasteiger partial charge in [0.25, 0.3) is 5.91 Å². The van der Waals surface area contributed by atoms with Gasteiger partial charge in [-0.15, -0.1) is 0 Å². The van der Waals surface area contributed by atoms with Crippen molar-refractivity contribution < 1.29 is 27.8 Å². The maximum Gasteiger partial charge on any atom is 0.422 e. The monoisotopic (exact) mass is 518 g/mol. The van der Waals surface area contributed by atoms with Gasteiger partial charge in [0.05, 0.1) is 5.56 Å². The number of carbonyl (C=O) groups excluding carboxylic acids is 1. The number of pyridine rings is 1. The van der Waals surface area contributed by atoms with Crippen LogP contribution in [0.5, 0.6) is 11.8 Å². The van der Waals surface area contributed by atoms with Crippen LogP contribution in [0.25, 0.3) is 0 Å². The molecule has 0 aliphatic heterocycles. The Labute approximate surface area is 212 Å². The maximum absolute atomic E-state index is 12.7. The topological polar surface area (TPSA) is 121 Å². The minimum absolute atomic E-state index is 0.0302. The molecule has 12 heteroatoms. The highest BCUT2D eigenvalue weighted by atomic mass is 19.4. The zero-order chi connectivity index (χ0) is 27.1. The first kappa shape index (κ1) is 27.5. The molecule has 0 radical (unpaired) electrons. The number of alkyl halides is 3. The van der Waals surface area contributed by atoms with Gasteiger partial charge in [-0.25, -0.2) is 4.98 Å². The Morgan fingerprint density at radius 2 is 1.73 bits per heavy atom. The number of anilines is 3. The molecule has 0 saturated carbocycles. The summed E-state index contributed by atoms with van der Waals surface area (Å²) in [6, 6.07) is 10.5. The fraction of sp³-hybridized carbons (Fsp3) is 0.360. The van der Waals surface area contributed by atoms with Gasteiger partial charge in [-0.2, -0.15) is 23.1 Å². The van der Waals surface area contributed by atoms with Crippen LogP contribution >= 0.6 is 0 Å². The van der Waals surface area contributed by atoms with Crippen molar-refractivity contribution in [3.8, 4) is 11.8 Å². The Kier molecular flexibility index (Phi) is 8.74. The van der Waals surface area contributed by atoms with Crippen molar-refractivity contribution in [1.82, 2.24) is 20.3 Å². The number of aromatic nitrogens is 3. The molecule has 37 heavy (non-hydrogen) atoms. The smallest absolute Gasteiger partial charge is 0.422 e. The largest absolute Gasteiger partial charge is 0.508 e. The molecule has 2 aromatic heterocycles.